The molecule has 0 aliphatic heterocycles. The molecule has 0 atom stereocenters. The number of benzene rings is 1. The smallest absolute Gasteiger partial charge is 0.412 e. The van der Waals surface area contributed by atoms with E-state index in [1.807, 2.05) is 54.7 Å². The molecule has 0 radical (unpaired) electrons. The highest BCUT2D eigenvalue weighted by Gasteiger charge is 2.18. The monoisotopic (exact) mass is 430 g/mol. The standard InChI is InChI=1S/C20H22N4O3S2/c1-23(2)10-11-27-20(26)22-18-9-8-17(29-18)19(25)24(21)15-6-3-5-14(13-15)16-7-4-12-28-16/h3-9,12-13H,10-11,21H2,1-2H3,(H,22,26). The van der Waals surface area contributed by atoms with Crippen LogP contribution in [0.5, 0.6) is 0 Å². The Kier molecular flexibility index (Phi) is 6.99. The second kappa shape index (κ2) is 9.66. The van der Waals surface area contributed by atoms with Gasteiger partial charge in [-0.3, -0.25) is 10.1 Å². The number of carbonyl (C=O) groups excluding carboxylic acids is 2. The van der Waals surface area contributed by atoms with Crippen molar-refractivity contribution in [1.29, 1.82) is 0 Å². The lowest BCUT2D eigenvalue weighted by atomic mass is 10.1. The Morgan fingerprint density at radius 1 is 1.14 bits per heavy atom. The summed E-state index contributed by atoms with van der Waals surface area (Å²) in [5, 5.41) is 6.26. The molecule has 3 rings (SSSR count). The van der Waals surface area contributed by atoms with Gasteiger partial charge in [-0.25, -0.2) is 15.6 Å². The maximum atomic E-state index is 12.8. The third kappa shape index (κ3) is 5.64. The van der Waals surface area contributed by atoms with E-state index >= 15 is 0 Å². The Morgan fingerprint density at radius 2 is 1.97 bits per heavy atom. The summed E-state index contributed by atoms with van der Waals surface area (Å²) in [6.45, 7) is 0.918. The van der Waals surface area contributed by atoms with Gasteiger partial charge in [-0.15, -0.1) is 22.7 Å². The first kappa shape index (κ1) is 21.0. The van der Waals surface area contributed by atoms with E-state index in [-0.39, 0.29) is 12.5 Å². The lowest BCUT2D eigenvalue weighted by Gasteiger charge is -2.16. The fourth-order valence-electron chi connectivity index (χ4n) is 2.47. The molecular weight excluding hydrogens is 408 g/mol. The number of carbonyl (C=O) groups is 2. The van der Waals surface area contributed by atoms with Crippen molar-refractivity contribution in [2.45, 2.75) is 0 Å². The number of amides is 2. The lowest BCUT2D eigenvalue weighted by Crippen LogP contribution is -2.36. The van der Waals surface area contributed by atoms with E-state index in [1.165, 1.54) is 0 Å². The Balaban J connectivity index is 1.64. The Labute approximate surface area is 177 Å². The van der Waals surface area contributed by atoms with Crippen LogP contribution in [-0.2, 0) is 4.74 Å². The molecule has 7 nitrogen and oxygen atoms in total. The Hall–Kier alpha value is -2.72. The molecule has 3 N–H and O–H groups in total. The number of hydrazine groups is 1. The third-order valence-corrected chi connectivity index (χ3v) is 5.87. The van der Waals surface area contributed by atoms with Crippen LogP contribution in [0.25, 0.3) is 10.4 Å². The molecule has 2 aromatic heterocycles. The van der Waals surface area contributed by atoms with Crippen LogP contribution in [-0.4, -0.2) is 44.1 Å². The molecule has 0 unspecified atom stereocenters. The van der Waals surface area contributed by atoms with Crippen LogP contribution >= 0.6 is 22.7 Å². The predicted molar refractivity (Wildman–Crippen MR) is 119 cm³/mol. The highest BCUT2D eigenvalue weighted by atomic mass is 32.1. The fourth-order valence-corrected chi connectivity index (χ4v) is 4.02. The number of thiophene rings is 2. The van der Waals surface area contributed by atoms with E-state index in [4.69, 9.17) is 10.6 Å². The molecule has 2 heterocycles. The van der Waals surface area contributed by atoms with Gasteiger partial charge in [0.25, 0.3) is 5.91 Å². The van der Waals surface area contributed by atoms with Crippen LogP contribution in [0.15, 0.2) is 53.9 Å². The van der Waals surface area contributed by atoms with Gasteiger partial charge in [-0.05, 0) is 55.4 Å². The van der Waals surface area contributed by atoms with Crippen LogP contribution in [0.4, 0.5) is 15.5 Å². The van der Waals surface area contributed by atoms with Gasteiger partial charge in [0.2, 0.25) is 0 Å². The second-order valence-electron chi connectivity index (χ2n) is 6.43. The zero-order valence-electron chi connectivity index (χ0n) is 16.1. The summed E-state index contributed by atoms with van der Waals surface area (Å²) in [4.78, 5) is 28.0. The van der Waals surface area contributed by atoms with Crippen molar-refractivity contribution < 1.29 is 14.3 Å². The minimum atomic E-state index is -0.555. The normalized spacial score (nSPS) is 10.8. The summed E-state index contributed by atoms with van der Waals surface area (Å²) in [6, 6.07) is 14.8. The Bertz CT molecular complexity index is 970. The van der Waals surface area contributed by atoms with Crippen LogP contribution < -0.4 is 16.2 Å². The van der Waals surface area contributed by atoms with E-state index in [0.29, 0.717) is 22.1 Å². The molecule has 2 amide bonds. The van der Waals surface area contributed by atoms with Crippen molar-refractivity contribution in [1.82, 2.24) is 4.90 Å². The zero-order valence-corrected chi connectivity index (χ0v) is 17.8. The van der Waals surface area contributed by atoms with Crippen molar-refractivity contribution >= 4 is 45.4 Å². The number of hydrogen-bond donors (Lipinski definition) is 2. The van der Waals surface area contributed by atoms with Crippen molar-refractivity contribution in [2.24, 2.45) is 5.84 Å². The highest BCUT2D eigenvalue weighted by molar-refractivity contribution is 7.18. The van der Waals surface area contributed by atoms with Gasteiger partial charge in [0.1, 0.15) is 6.61 Å². The molecular formula is C20H22N4O3S2. The topological polar surface area (TPSA) is 87.9 Å². The van der Waals surface area contributed by atoms with Gasteiger partial charge in [-0.1, -0.05) is 18.2 Å². The molecule has 0 fully saturated rings. The molecule has 29 heavy (non-hydrogen) atoms. The summed E-state index contributed by atoms with van der Waals surface area (Å²) < 4.78 is 5.09. The molecule has 0 aliphatic carbocycles. The first-order chi connectivity index (χ1) is 13.9. The Morgan fingerprint density at radius 3 is 2.69 bits per heavy atom. The third-order valence-electron chi connectivity index (χ3n) is 3.96. The molecule has 0 spiro atoms. The van der Waals surface area contributed by atoms with Crippen LogP contribution in [0.2, 0.25) is 0 Å². The van der Waals surface area contributed by atoms with Crippen molar-refractivity contribution in [3.63, 3.8) is 0 Å². The molecule has 9 heteroatoms. The van der Waals surface area contributed by atoms with Gasteiger partial charge in [0, 0.05) is 11.4 Å². The first-order valence-electron chi connectivity index (χ1n) is 8.85. The molecule has 1 aromatic carbocycles. The predicted octanol–water partition coefficient (Wildman–Crippen LogP) is 4.11. The SMILES string of the molecule is CN(C)CCOC(=O)Nc1ccc(C(=O)N(N)c2cccc(-c3cccs3)c2)s1. The van der Waals surface area contributed by atoms with Crippen LogP contribution in [0.1, 0.15) is 9.67 Å². The summed E-state index contributed by atoms with van der Waals surface area (Å²) in [5.74, 6) is 5.72. The number of nitrogens with zero attached hydrogens (tertiary/aromatic N) is 2. The molecule has 0 aliphatic rings. The number of ether oxygens (including phenoxy) is 1. The maximum absolute atomic E-state index is 12.8. The van der Waals surface area contributed by atoms with Crippen molar-refractivity contribution in [3.8, 4) is 10.4 Å². The summed E-state index contributed by atoms with van der Waals surface area (Å²) >= 11 is 2.76. The number of anilines is 2. The summed E-state index contributed by atoms with van der Waals surface area (Å²) in [5.41, 5.74) is 1.58. The summed E-state index contributed by atoms with van der Waals surface area (Å²) in [6.07, 6.45) is -0.555. The lowest BCUT2D eigenvalue weighted by molar-refractivity contribution is 0.0990. The first-order valence-corrected chi connectivity index (χ1v) is 10.5. The van der Waals surface area contributed by atoms with Gasteiger partial charge in [0.15, 0.2) is 0 Å². The molecule has 0 saturated heterocycles. The number of likely N-dealkylation sites (N-methyl/N-ethyl adjacent to an activating group) is 1. The van der Waals surface area contributed by atoms with E-state index in [2.05, 4.69) is 5.32 Å². The van der Waals surface area contributed by atoms with Crippen LogP contribution in [0, 0.1) is 0 Å². The van der Waals surface area contributed by atoms with Crippen molar-refractivity contribution in [2.75, 3.05) is 37.6 Å². The molecule has 152 valence electrons. The summed E-state index contributed by atoms with van der Waals surface area (Å²) in [7, 11) is 3.79. The highest BCUT2D eigenvalue weighted by Crippen LogP contribution is 2.29. The maximum Gasteiger partial charge on any atom is 0.412 e. The largest absolute Gasteiger partial charge is 0.448 e. The molecule has 0 bridgehead atoms. The number of nitrogens with two attached hydrogens (primary N) is 1. The minimum absolute atomic E-state index is 0.285. The number of hydrogen-bond acceptors (Lipinski definition) is 7. The fraction of sp³-hybridized carbons (Fsp3) is 0.200. The minimum Gasteiger partial charge on any atom is -0.448 e. The van der Waals surface area contributed by atoms with Gasteiger partial charge < -0.3 is 9.64 Å². The number of rotatable bonds is 7. The quantitative estimate of drug-likeness (QED) is 0.335. The van der Waals surface area contributed by atoms with Gasteiger partial charge in [0.05, 0.1) is 15.6 Å². The van der Waals surface area contributed by atoms with E-state index in [9.17, 15) is 9.59 Å². The van der Waals surface area contributed by atoms with E-state index in [0.717, 1.165) is 26.8 Å². The average molecular weight is 431 g/mol. The van der Waals surface area contributed by atoms with Crippen molar-refractivity contribution in [3.05, 3.63) is 58.8 Å². The zero-order chi connectivity index (χ0) is 20.8. The van der Waals surface area contributed by atoms with Gasteiger partial charge in [-0.2, -0.15) is 0 Å². The van der Waals surface area contributed by atoms with E-state index in [1.54, 1.807) is 29.5 Å². The van der Waals surface area contributed by atoms with Gasteiger partial charge >= 0.3 is 6.09 Å². The van der Waals surface area contributed by atoms with E-state index < -0.39 is 6.09 Å². The molecule has 3 aromatic rings. The second-order valence-corrected chi connectivity index (χ2v) is 8.46. The molecule has 0 saturated carbocycles. The average Bonchev–Trinajstić information content (AvgIpc) is 3.39. The number of nitrogens with one attached hydrogen (secondary N) is 1. The van der Waals surface area contributed by atoms with Crippen LogP contribution in [0.3, 0.4) is 0 Å².